The highest BCUT2D eigenvalue weighted by Crippen LogP contribution is 2.70. The average molecular weight is 319 g/mol. The van der Waals surface area contributed by atoms with Crippen molar-refractivity contribution in [3.63, 3.8) is 0 Å². The number of quaternary nitrogens is 1. The fourth-order valence-electron chi connectivity index (χ4n) is 6.21. The van der Waals surface area contributed by atoms with E-state index in [2.05, 4.69) is 81.1 Å². The first kappa shape index (κ1) is 14.5. The summed E-state index contributed by atoms with van der Waals surface area (Å²) in [5.74, 6) is 0. The molecule has 1 saturated heterocycles. The molecule has 124 valence electrons. The predicted molar refractivity (Wildman–Crippen MR) is 102 cm³/mol. The smallest absolute Gasteiger partial charge is 0.186 e. The Kier molecular flexibility index (Phi) is 2.56. The zero-order valence-electron chi connectivity index (χ0n) is 15.2. The number of hydrogen-bond donors (Lipinski definition) is 0. The molecule has 3 aliphatic heterocycles. The summed E-state index contributed by atoms with van der Waals surface area (Å²) < 4.78 is 1.05. The van der Waals surface area contributed by atoms with Crippen molar-refractivity contribution in [2.45, 2.75) is 52.1 Å². The van der Waals surface area contributed by atoms with Gasteiger partial charge in [-0.25, -0.2) is 4.48 Å². The van der Waals surface area contributed by atoms with Crippen LogP contribution < -0.4 is 9.38 Å². The molecule has 4 atom stereocenters. The Labute approximate surface area is 145 Å². The van der Waals surface area contributed by atoms with Gasteiger partial charge in [0.25, 0.3) is 0 Å². The number of nitrogens with zero attached hydrogens (tertiary/aromatic N) is 2. The Hall–Kier alpha value is -1.80. The lowest BCUT2D eigenvalue weighted by Crippen LogP contribution is -2.80. The van der Waals surface area contributed by atoms with E-state index >= 15 is 0 Å². The zero-order chi connectivity index (χ0) is 16.7. The molecule has 2 bridgehead atoms. The summed E-state index contributed by atoms with van der Waals surface area (Å²) in [7, 11) is 0. The number of fused-ring (bicyclic) bond motifs is 3. The van der Waals surface area contributed by atoms with Crippen LogP contribution in [0.4, 0.5) is 17.1 Å². The van der Waals surface area contributed by atoms with Crippen LogP contribution in [0.2, 0.25) is 0 Å². The van der Waals surface area contributed by atoms with E-state index in [1.807, 2.05) is 0 Å². The molecule has 3 heterocycles. The molecule has 2 aromatic carbocycles. The molecule has 3 aliphatic rings. The second kappa shape index (κ2) is 4.23. The number of rotatable bonds is 2. The van der Waals surface area contributed by atoms with Gasteiger partial charge in [-0.15, -0.1) is 0 Å². The van der Waals surface area contributed by atoms with Gasteiger partial charge < -0.3 is 0 Å². The molecule has 2 aromatic rings. The maximum atomic E-state index is 2.68. The molecule has 2 heteroatoms. The van der Waals surface area contributed by atoms with Gasteiger partial charge in [-0.3, -0.25) is 4.90 Å². The predicted octanol–water partition coefficient (Wildman–Crippen LogP) is 5.54. The first-order chi connectivity index (χ1) is 11.5. The molecule has 4 unspecified atom stereocenters. The largest absolute Gasteiger partial charge is 0.267 e. The number of hydrogen-bond acceptors (Lipinski definition) is 1. The summed E-state index contributed by atoms with van der Waals surface area (Å²) in [6, 6.07) is 18.4. The number of para-hydroxylation sites is 3. The fourth-order valence-corrected chi connectivity index (χ4v) is 6.21. The molecule has 0 aromatic heterocycles. The maximum absolute atomic E-state index is 2.68. The quantitative estimate of drug-likeness (QED) is 0.657. The van der Waals surface area contributed by atoms with Crippen molar-refractivity contribution in [3.8, 4) is 0 Å². The highest BCUT2D eigenvalue weighted by Gasteiger charge is 2.75. The van der Waals surface area contributed by atoms with Crippen LogP contribution >= 0.6 is 0 Å². The third-order valence-electron chi connectivity index (χ3n) is 7.91. The van der Waals surface area contributed by atoms with Gasteiger partial charge in [0.2, 0.25) is 0 Å². The number of anilines is 1. The van der Waals surface area contributed by atoms with Crippen molar-refractivity contribution in [2.75, 3.05) is 11.6 Å². The van der Waals surface area contributed by atoms with Crippen molar-refractivity contribution in [1.29, 1.82) is 0 Å². The molecular weight excluding hydrogens is 292 g/mol. The van der Waals surface area contributed by atoms with E-state index in [1.54, 1.807) is 11.3 Å². The molecule has 0 amide bonds. The lowest BCUT2D eigenvalue weighted by molar-refractivity contribution is -0.0218. The van der Waals surface area contributed by atoms with E-state index in [0.717, 1.165) is 11.2 Å². The van der Waals surface area contributed by atoms with E-state index in [-0.39, 0.29) is 10.8 Å². The normalized spacial score (nSPS) is 38.2. The summed E-state index contributed by atoms with van der Waals surface area (Å²) >= 11 is 0. The van der Waals surface area contributed by atoms with Gasteiger partial charge in [-0.1, -0.05) is 58.0 Å². The topological polar surface area (TPSA) is 3.24 Å². The van der Waals surface area contributed by atoms with Gasteiger partial charge in [0.15, 0.2) is 18.5 Å². The summed E-state index contributed by atoms with van der Waals surface area (Å²) in [5.41, 5.74) is 6.55. The van der Waals surface area contributed by atoms with Gasteiger partial charge >= 0.3 is 0 Å². The van der Waals surface area contributed by atoms with Crippen molar-refractivity contribution in [1.82, 2.24) is 4.48 Å². The van der Waals surface area contributed by atoms with Crippen LogP contribution in [0, 0.1) is 5.41 Å². The van der Waals surface area contributed by atoms with Crippen molar-refractivity contribution < 1.29 is 0 Å². The van der Waals surface area contributed by atoms with Crippen molar-refractivity contribution in [2.24, 2.45) is 5.41 Å². The van der Waals surface area contributed by atoms with Crippen LogP contribution in [0.15, 0.2) is 48.5 Å². The second-order valence-corrected chi connectivity index (χ2v) is 8.32. The van der Waals surface area contributed by atoms with Crippen molar-refractivity contribution in [3.05, 3.63) is 54.1 Å². The Morgan fingerprint density at radius 3 is 2.33 bits per heavy atom. The summed E-state index contributed by atoms with van der Waals surface area (Å²) in [5, 5.41) is 0. The van der Waals surface area contributed by atoms with Crippen molar-refractivity contribution >= 4 is 17.1 Å². The highest BCUT2D eigenvalue weighted by molar-refractivity contribution is 5.88. The van der Waals surface area contributed by atoms with Crippen LogP contribution in [0.1, 0.15) is 46.1 Å². The zero-order valence-corrected chi connectivity index (χ0v) is 15.2. The van der Waals surface area contributed by atoms with Crippen LogP contribution in [0.5, 0.6) is 0 Å². The molecule has 0 saturated carbocycles. The SMILES string of the molecule is CCC1(C)c2ccccc2[N+]23CN(c4ccccc42)C3C1(C)CC. The lowest BCUT2D eigenvalue weighted by atomic mass is 9.53. The summed E-state index contributed by atoms with van der Waals surface area (Å²) in [6.45, 7) is 10.9. The average Bonchev–Trinajstić information content (AvgIpc) is 3.09. The maximum Gasteiger partial charge on any atom is 0.186 e. The van der Waals surface area contributed by atoms with E-state index in [1.165, 1.54) is 24.2 Å². The van der Waals surface area contributed by atoms with E-state index in [0.29, 0.717) is 6.17 Å². The van der Waals surface area contributed by atoms with Gasteiger partial charge in [-0.05, 0) is 25.0 Å². The third kappa shape index (κ3) is 1.22. The Morgan fingerprint density at radius 2 is 1.62 bits per heavy atom. The third-order valence-corrected chi connectivity index (χ3v) is 7.91. The molecule has 5 rings (SSSR count). The van der Waals surface area contributed by atoms with E-state index < -0.39 is 0 Å². The Bertz CT molecular complexity index is 843. The van der Waals surface area contributed by atoms with Gasteiger partial charge in [0, 0.05) is 17.0 Å². The van der Waals surface area contributed by atoms with E-state index in [9.17, 15) is 0 Å². The van der Waals surface area contributed by atoms with Crippen LogP contribution in [0.25, 0.3) is 0 Å². The molecule has 0 radical (unpaired) electrons. The van der Waals surface area contributed by atoms with Crippen LogP contribution in [-0.2, 0) is 5.41 Å². The molecule has 0 aliphatic carbocycles. The monoisotopic (exact) mass is 319 g/mol. The number of benzene rings is 2. The van der Waals surface area contributed by atoms with Gasteiger partial charge in [0.1, 0.15) is 11.4 Å². The molecule has 1 fully saturated rings. The standard InChI is InChI=1S/C22H27N2/c1-5-21(3)16-11-7-9-13-18(16)24-15-23(20(24)22(21,4)6-2)17-12-8-10-14-19(17)24/h7-14,20H,5-6,15H2,1-4H3/q+1. The highest BCUT2D eigenvalue weighted by atomic mass is 15.7. The lowest BCUT2D eigenvalue weighted by Gasteiger charge is -2.65. The molecule has 24 heavy (non-hydrogen) atoms. The Balaban J connectivity index is 1.89. The van der Waals surface area contributed by atoms with Gasteiger partial charge in [-0.2, -0.15) is 0 Å². The summed E-state index contributed by atoms with van der Waals surface area (Å²) in [6.07, 6.45) is 2.94. The fraction of sp³-hybridized carbons (Fsp3) is 0.455. The van der Waals surface area contributed by atoms with Crippen LogP contribution in [-0.4, -0.2) is 12.8 Å². The summed E-state index contributed by atoms with van der Waals surface area (Å²) in [4.78, 5) is 2.68. The first-order valence-corrected chi connectivity index (χ1v) is 9.38. The van der Waals surface area contributed by atoms with Crippen LogP contribution in [0.3, 0.4) is 0 Å². The Morgan fingerprint density at radius 1 is 0.958 bits per heavy atom. The molecule has 0 spiro atoms. The van der Waals surface area contributed by atoms with Gasteiger partial charge in [0.05, 0.1) is 5.41 Å². The molecule has 2 nitrogen and oxygen atoms in total. The minimum Gasteiger partial charge on any atom is -0.267 e. The molecule has 0 N–H and O–H groups in total. The second-order valence-electron chi connectivity index (χ2n) is 8.32. The first-order valence-electron chi connectivity index (χ1n) is 9.38. The van der Waals surface area contributed by atoms with E-state index in [4.69, 9.17) is 0 Å². The molecular formula is C22H27N2+. The minimum absolute atomic E-state index is 0.214. The minimum atomic E-state index is 0.214.